The summed E-state index contributed by atoms with van der Waals surface area (Å²) in [6, 6.07) is 11.7. The van der Waals surface area contributed by atoms with Crippen LogP contribution in [0.5, 0.6) is 0 Å². The molecule has 1 aromatic rings. The quantitative estimate of drug-likeness (QED) is 0.234. The molecule has 1 heterocycles. The summed E-state index contributed by atoms with van der Waals surface area (Å²) >= 11 is 0. The van der Waals surface area contributed by atoms with Gasteiger partial charge in [-0.15, -0.1) is 0 Å². The second-order valence-corrected chi connectivity index (χ2v) is 16.3. The first-order valence-electron chi connectivity index (χ1n) is 18.1. The number of rotatable bonds is 10. The average Bonchev–Trinajstić information content (AvgIpc) is 2.91. The molecule has 274 valence electrons. The van der Waals surface area contributed by atoms with Crippen LogP contribution in [-0.2, 0) is 16.0 Å². The molecular weight excluding hydrogens is 584 g/mol. The van der Waals surface area contributed by atoms with E-state index in [0.717, 1.165) is 25.4 Å². The molecule has 1 fully saturated rings. The number of urea groups is 1. The predicted octanol–water partition coefficient (Wildman–Crippen LogP) is 8.96. The van der Waals surface area contributed by atoms with Crippen molar-refractivity contribution in [2.75, 3.05) is 13.1 Å². The Morgan fingerprint density at radius 3 is 1.49 bits per heavy atom. The van der Waals surface area contributed by atoms with Crippen molar-refractivity contribution >= 4 is 17.8 Å². The Balaban J connectivity index is 0. The molecule has 4 amide bonds. The molecule has 1 unspecified atom stereocenters. The van der Waals surface area contributed by atoms with Crippen LogP contribution in [0.25, 0.3) is 0 Å². The van der Waals surface area contributed by atoms with E-state index >= 15 is 0 Å². The van der Waals surface area contributed by atoms with E-state index in [1.165, 1.54) is 12.0 Å². The Hall–Kier alpha value is -2.57. The van der Waals surface area contributed by atoms with Gasteiger partial charge in [-0.25, -0.2) is 4.79 Å². The second kappa shape index (κ2) is 23.7. The highest BCUT2D eigenvalue weighted by Crippen LogP contribution is 2.25. The summed E-state index contributed by atoms with van der Waals surface area (Å²) in [6.07, 6.45) is 2.27. The Morgan fingerprint density at radius 2 is 1.21 bits per heavy atom. The van der Waals surface area contributed by atoms with E-state index < -0.39 is 0 Å². The molecule has 7 nitrogen and oxygen atoms in total. The monoisotopic (exact) mass is 661 g/mol. The molecule has 1 aromatic carbocycles. The number of nitrogens with one attached hydrogen (secondary N) is 3. The highest BCUT2D eigenvalue weighted by Gasteiger charge is 2.30. The van der Waals surface area contributed by atoms with E-state index in [1.54, 1.807) is 13.8 Å². The van der Waals surface area contributed by atoms with Gasteiger partial charge in [-0.05, 0) is 59.3 Å². The summed E-state index contributed by atoms with van der Waals surface area (Å²) in [5, 5.41) is 8.83. The van der Waals surface area contributed by atoms with Crippen molar-refractivity contribution in [3.63, 3.8) is 0 Å². The van der Waals surface area contributed by atoms with Gasteiger partial charge in [0.15, 0.2) is 0 Å². The Labute approximate surface area is 291 Å². The highest BCUT2D eigenvalue weighted by molar-refractivity contribution is 5.75. The van der Waals surface area contributed by atoms with Gasteiger partial charge in [-0.3, -0.25) is 9.59 Å². The summed E-state index contributed by atoms with van der Waals surface area (Å²) in [4.78, 5) is 35.3. The van der Waals surface area contributed by atoms with Crippen molar-refractivity contribution in [1.29, 1.82) is 0 Å². The van der Waals surface area contributed by atoms with Gasteiger partial charge in [0, 0.05) is 45.1 Å². The van der Waals surface area contributed by atoms with Crippen LogP contribution < -0.4 is 16.0 Å². The van der Waals surface area contributed by atoms with Crippen LogP contribution in [0.15, 0.2) is 30.3 Å². The van der Waals surface area contributed by atoms with E-state index in [9.17, 15) is 14.4 Å². The smallest absolute Gasteiger partial charge is 0.317 e. The van der Waals surface area contributed by atoms with Gasteiger partial charge >= 0.3 is 6.03 Å². The van der Waals surface area contributed by atoms with Crippen molar-refractivity contribution < 1.29 is 14.4 Å². The predicted molar refractivity (Wildman–Crippen MR) is 202 cm³/mol. The summed E-state index contributed by atoms with van der Waals surface area (Å²) in [5.41, 5.74) is 1.58. The van der Waals surface area contributed by atoms with Crippen LogP contribution >= 0.6 is 0 Å². The van der Waals surface area contributed by atoms with Gasteiger partial charge in [-0.1, -0.05) is 134 Å². The molecule has 3 N–H and O–H groups in total. The van der Waals surface area contributed by atoms with E-state index in [1.807, 2.05) is 4.90 Å². The molecule has 0 radical (unpaired) electrons. The molecule has 0 aromatic heterocycles. The molecule has 1 saturated heterocycles. The van der Waals surface area contributed by atoms with E-state index in [4.69, 9.17) is 0 Å². The minimum atomic E-state index is 0.0589. The molecule has 7 heteroatoms. The molecule has 2 rings (SSSR count). The number of amides is 4. The van der Waals surface area contributed by atoms with Crippen molar-refractivity contribution in [2.24, 2.45) is 40.9 Å². The molecule has 0 saturated carbocycles. The third-order valence-electron chi connectivity index (χ3n) is 8.09. The first-order chi connectivity index (χ1) is 21.5. The zero-order valence-electron chi connectivity index (χ0n) is 33.6. The molecule has 1 aliphatic rings. The third kappa shape index (κ3) is 21.8. The van der Waals surface area contributed by atoms with Crippen LogP contribution in [0.3, 0.4) is 0 Å². The van der Waals surface area contributed by atoms with Crippen molar-refractivity contribution in [3.8, 4) is 0 Å². The molecule has 0 spiro atoms. The maximum absolute atomic E-state index is 11.7. The Kier molecular flexibility index (Phi) is 23.5. The van der Waals surface area contributed by atoms with E-state index in [0.29, 0.717) is 41.7 Å². The fourth-order valence-electron chi connectivity index (χ4n) is 6.45. The summed E-state index contributed by atoms with van der Waals surface area (Å²) < 4.78 is 0. The SMILES string of the molecule is CC(=O)NC(C(C)C)C(C)(C)C.CC(=O)NC(C(C)C)C(C)C.CC(C)C(C(C)C)N1CCCNC1=O.CC(C)Cc1ccccc1. The second-order valence-electron chi connectivity index (χ2n) is 16.3. The Morgan fingerprint density at radius 1 is 0.745 bits per heavy atom. The molecule has 0 bridgehead atoms. The molecule has 1 aliphatic heterocycles. The number of nitrogens with zero attached hydrogens (tertiary/aromatic N) is 1. The highest BCUT2D eigenvalue weighted by atomic mass is 16.2. The summed E-state index contributed by atoms with van der Waals surface area (Å²) in [5.74, 6) is 3.45. The van der Waals surface area contributed by atoms with Crippen molar-refractivity contribution in [1.82, 2.24) is 20.9 Å². The molecule has 47 heavy (non-hydrogen) atoms. The third-order valence-corrected chi connectivity index (χ3v) is 8.09. The van der Waals surface area contributed by atoms with Crippen LogP contribution in [0.2, 0.25) is 0 Å². The number of carbonyl (C=O) groups is 3. The topological polar surface area (TPSA) is 90.5 Å². The minimum absolute atomic E-state index is 0.0589. The maximum Gasteiger partial charge on any atom is 0.317 e. The lowest BCUT2D eigenvalue weighted by atomic mass is 9.80. The van der Waals surface area contributed by atoms with E-state index in [-0.39, 0.29) is 29.3 Å². The van der Waals surface area contributed by atoms with Crippen LogP contribution in [0, 0.1) is 40.9 Å². The van der Waals surface area contributed by atoms with Gasteiger partial charge in [0.05, 0.1) is 0 Å². The zero-order valence-corrected chi connectivity index (χ0v) is 33.6. The average molecular weight is 661 g/mol. The van der Waals surface area contributed by atoms with Crippen LogP contribution in [0.4, 0.5) is 4.79 Å². The van der Waals surface area contributed by atoms with Gasteiger partial charge < -0.3 is 20.9 Å². The van der Waals surface area contributed by atoms with Gasteiger partial charge in [0.1, 0.15) is 0 Å². The standard InChI is InChI=1S/C11H22N2O.C10H21NO.C10H14.C9H19NO/c1-8(2)10(9(3)4)13-7-5-6-12-11(13)14;1-7(2)9(10(4,5)6)11-8(3)12;1-9(2)8-10-6-4-3-5-7-10;1-6(2)9(7(3)4)10-8(5)11/h8-10H,5-7H2,1-4H3,(H,12,14);7,9H,1-6H3,(H,11,12);3-7,9H,8H2,1-2H3;6-7,9H,1-5H3,(H,10,11). The van der Waals surface area contributed by atoms with Crippen molar-refractivity contribution in [3.05, 3.63) is 35.9 Å². The lowest BCUT2D eigenvalue weighted by Crippen LogP contribution is -2.54. The largest absolute Gasteiger partial charge is 0.353 e. The lowest BCUT2D eigenvalue weighted by molar-refractivity contribution is -0.121. The Bertz CT molecular complexity index is 965. The number of hydrogen-bond donors (Lipinski definition) is 3. The lowest BCUT2D eigenvalue weighted by Gasteiger charge is -2.39. The fourth-order valence-corrected chi connectivity index (χ4v) is 6.45. The molecule has 1 atom stereocenters. The van der Waals surface area contributed by atoms with Gasteiger partial charge in [0.2, 0.25) is 11.8 Å². The van der Waals surface area contributed by atoms with Crippen LogP contribution in [-0.4, -0.2) is 54.0 Å². The van der Waals surface area contributed by atoms with Gasteiger partial charge in [0.25, 0.3) is 0 Å². The summed E-state index contributed by atoms with van der Waals surface area (Å²) in [7, 11) is 0. The zero-order chi connectivity index (χ0) is 37.1. The molecular formula is C40H76N4O3. The first kappa shape index (κ1) is 46.5. The first-order valence-corrected chi connectivity index (χ1v) is 18.1. The van der Waals surface area contributed by atoms with E-state index in [2.05, 4.69) is 150 Å². The maximum atomic E-state index is 11.7. The molecule has 0 aliphatic carbocycles. The minimum Gasteiger partial charge on any atom is -0.353 e. The van der Waals surface area contributed by atoms with Crippen molar-refractivity contribution in [2.45, 2.75) is 149 Å². The fraction of sp³-hybridized carbons (Fsp3) is 0.775. The number of hydrogen-bond acceptors (Lipinski definition) is 3. The van der Waals surface area contributed by atoms with Gasteiger partial charge in [-0.2, -0.15) is 0 Å². The number of carbonyl (C=O) groups excluding carboxylic acids is 3. The summed E-state index contributed by atoms with van der Waals surface area (Å²) in [6.45, 7) is 37.3. The number of benzene rings is 1. The van der Waals surface area contributed by atoms with Crippen LogP contribution in [0.1, 0.15) is 130 Å². The normalized spacial score (nSPS) is 14.0.